The summed E-state index contributed by atoms with van der Waals surface area (Å²) in [5.74, 6) is -0.641. The molecular formula is C8H6N4O2. The van der Waals surface area contributed by atoms with Crippen molar-refractivity contribution in [1.82, 2.24) is 19.7 Å². The van der Waals surface area contributed by atoms with Gasteiger partial charge in [-0.2, -0.15) is 4.73 Å². The van der Waals surface area contributed by atoms with Crippen LogP contribution in [0.15, 0.2) is 37.2 Å². The predicted octanol–water partition coefficient (Wildman–Crippen LogP) is -0.0579. The van der Waals surface area contributed by atoms with Gasteiger partial charge in [0.25, 0.3) is 0 Å². The molecule has 0 saturated heterocycles. The molecule has 0 aliphatic carbocycles. The van der Waals surface area contributed by atoms with Crippen LogP contribution in [-0.2, 0) is 0 Å². The van der Waals surface area contributed by atoms with E-state index in [1.807, 2.05) is 0 Å². The first-order valence-corrected chi connectivity index (χ1v) is 3.84. The lowest BCUT2D eigenvalue weighted by Gasteiger charge is -2.01. The van der Waals surface area contributed by atoms with Gasteiger partial charge in [0.2, 0.25) is 5.82 Å². The second kappa shape index (κ2) is 3.65. The first kappa shape index (κ1) is 8.36. The SMILES string of the molecule is O=C(On1cccc1)c1ncncn1. The van der Waals surface area contributed by atoms with Crippen molar-refractivity contribution < 1.29 is 9.63 Å². The van der Waals surface area contributed by atoms with Gasteiger partial charge >= 0.3 is 5.97 Å². The van der Waals surface area contributed by atoms with Crippen LogP contribution in [0, 0.1) is 0 Å². The molecule has 70 valence electrons. The van der Waals surface area contributed by atoms with Crippen LogP contribution < -0.4 is 4.84 Å². The number of carbonyl (C=O) groups is 1. The van der Waals surface area contributed by atoms with E-state index in [-0.39, 0.29) is 5.82 Å². The first-order chi connectivity index (χ1) is 6.86. The van der Waals surface area contributed by atoms with Crippen LogP contribution in [0.25, 0.3) is 0 Å². The molecule has 2 aromatic rings. The molecule has 0 aromatic carbocycles. The Balaban J connectivity index is 2.11. The van der Waals surface area contributed by atoms with Crippen molar-refractivity contribution in [1.29, 1.82) is 0 Å². The summed E-state index contributed by atoms with van der Waals surface area (Å²) in [6.07, 6.45) is 5.66. The predicted molar refractivity (Wildman–Crippen MR) is 45.2 cm³/mol. The van der Waals surface area contributed by atoms with Crippen molar-refractivity contribution >= 4 is 5.97 Å². The van der Waals surface area contributed by atoms with Crippen molar-refractivity contribution in [2.24, 2.45) is 0 Å². The molecule has 6 heteroatoms. The molecule has 0 bridgehead atoms. The Kier molecular flexibility index (Phi) is 2.18. The van der Waals surface area contributed by atoms with E-state index in [2.05, 4.69) is 15.0 Å². The molecule has 0 unspecified atom stereocenters. The third kappa shape index (κ3) is 1.74. The highest BCUT2D eigenvalue weighted by Gasteiger charge is 2.10. The summed E-state index contributed by atoms with van der Waals surface area (Å²) in [5.41, 5.74) is 0. The molecule has 0 spiro atoms. The summed E-state index contributed by atoms with van der Waals surface area (Å²) in [6.45, 7) is 0. The van der Waals surface area contributed by atoms with Crippen LogP contribution >= 0.6 is 0 Å². The second-order valence-electron chi connectivity index (χ2n) is 2.38. The van der Waals surface area contributed by atoms with Crippen molar-refractivity contribution in [3.63, 3.8) is 0 Å². The third-order valence-corrected chi connectivity index (χ3v) is 1.44. The van der Waals surface area contributed by atoms with Gasteiger partial charge in [0.05, 0.1) is 0 Å². The summed E-state index contributed by atoms with van der Waals surface area (Å²) < 4.78 is 1.27. The second-order valence-corrected chi connectivity index (χ2v) is 2.38. The van der Waals surface area contributed by atoms with Crippen molar-refractivity contribution in [2.45, 2.75) is 0 Å². The first-order valence-electron chi connectivity index (χ1n) is 3.84. The van der Waals surface area contributed by atoms with Gasteiger partial charge in [0.15, 0.2) is 0 Å². The standard InChI is InChI=1S/C8H6N4O2/c13-8(7-10-5-9-6-11-7)14-12-3-1-2-4-12/h1-6H. The monoisotopic (exact) mass is 190 g/mol. The maximum absolute atomic E-state index is 11.3. The quantitative estimate of drug-likeness (QED) is 0.663. The molecule has 14 heavy (non-hydrogen) atoms. The number of nitrogens with zero attached hydrogens (tertiary/aromatic N) is 4. The molecule has 0 saturated carbocycles. The molecule has 2 aromatic heterocycles. The molecule has 6 nitrogen and oxygen atoms in total. The van der Waals surface area contributed by atoms with Crippen molar-refractivity contribution in [3.05, 3.63) is 43.0 Å². The van der Waals surface area contributed by atoms with Gasteiger partial charge in [0, 0.05) is 12.4 Å². The summed E-state index contributed by atoms with van der Waals surface area (Å²) in [6, 6.07) is 3.47. The van der Waals surface area contributed by atoms with Gasteiger partial charge in [-0.3, -0.25) is 0 Å². The minimum atomic E-state index is -0.622. The van der Waals surface area contributed by atoms with E-state index in [1.54, 1.807) is 24.5 Å². The molecule has 0 radical (unpaired) electrons. The molecular weight excluding hydrogens is 184 g/mol. The van der Waals surface area contributed by atoms with Crippen LogP contribution in [-0.4, -0.2) is 25.7 Å². The summed E-state index contributed by atoms with van der Waals surface area (Å²) in [7, 11) is 0. The Hall–Kier alpha value is -2.24. The van der Waals surface area contributed by atoms with E-state index >= 15 is 0 Å². The Bertz CT molecular complexity index is 412. The van der Waals surface area contributed by atoms with E-state index in [0.29, 0.717) is 0 Å². The zero-order valence-electron chi connectivity index (χ0n) is 7.07. The van der Waals surface area contributed by atoms with E-state index < -0.39 is 5.97 Å². The maximum Gasteiger partial charge on any atom is 0.401 e. The zero-order chi connectivity index (χ0) is 9.80. The summed E-state index contributed by atoms with van der Waals surface area (Å²) in [5, 5.41) is 0. The maximum atomic E-state index is 11.3. The van der Waals surface area contributed by atoms with Crippen molar-refractivity contribution in [3.8, 4) is 0 Å². The topological polar surface area (TPSA) is 69.9 Å². The van der Waals surface area contributed by atoms with Gasteiger partial charge in [-0.1, -0.05) is 0 Å². The van der Waals surface area contributed by atoms with Crippen LogP contribution in [0.1, 0.15) is 10.6 Å². The van der Waals surface area contributed by atoms with Crippen LogP contribution in [0.2, 0.25) is 0 Å². The molecule has 2 rings (SSSR count). The van der Waals surface area contributed by atoms with Gasteiger partial charge in [-0.15, -0.1) is 0 Å². The van der Waals surface area contributed by atoms with Gasteiger partial charge in [0.1, 0.15) is 12.7 Å². The fraction of sp³-hybridized carbons (Fsp3) is 0. The van der Waals surface area contributed by atoms with Crippen LogP contribution in [0.4, 0.5) is 0 Å². The van der Waals surface area contributed by atoms with Gasteiger partial charge < -0.3 is 4.84 Å². The number of aromatic nitrogens is 4. The molecule has 2 heterocycles. The Morgan fingerprint density at radius 2 is 1.86 bits per heavy atom. The fourth-order valence-electron chi connectivity index (χ4n) is 0.861. The zero-order valence-corrected chi connectivity index (χ0v) is 7.07. The smallest absolute Gasteiger partial charge is 0.328 e. The minimum absolute atomic E-state index is 0.0197. The lowest BCUT2D eigenvalue weighted by Crippen LogP contribution is -2.20. The van der Waals surface area contributed by atoms with E-state index in [1.165, 1.54) is 17.4 Å². The number of hydrogen-bond acceptors (Lipinski definition) is 5. The fourth-order valence-corrected chi connectivity index (χ4v) is 0.861. The van der Waals surface area contributed by atoms with E-state index in [9.17, 15) is 4.79 Å². The average molecular weight is 190 g/mol. The van der Waals surface area contributed by atoms with Gasteiger partial charge in [-0.25, -0.2) is 19.7 Å². The van der Waals surface area contributed by atoms with E-state index in [0.717, 1.165) is 0 Å². The molecule has 0 N–H and O–H groups in total. The molecule has 0 aliphatic heterocycles. The highest BCUT2D eigenvalue weighted by atomic mass is 16.7. The summed E-state index contributed by atoms with van der Waals surface area (Å²) >= 11 is 0. The van der Waals surface area contributed by atoms with Crippen LogP contribution in [0.3, 0.4) is 0 Å². The molecule has 0 fully saturated rings. The van der Waals surface area contributed by atoms with Gasteiger partial charge in [-0.05, 0) is 12.1 Å². The molecule has 0 amide bonds. The highest BCUT2D eigenvalue weighted by Crippen LogP contribution is 1.90. The van der Waals surface area contributed by atoms with Crippen molar-refractivity contribution in [2.75, 3.05) is 0 Å². The average Bonchev–Trinajstić information content (AvgIpc) is 2.72. The van der Waals surface area contributed by atoms with E-state index in [4.69, 9.17) is 4.84 Å². The normalized spacial score (nSPS) is 9.71. The number of hydrogen-bond donors (Lipinski definition) is 0. The number of rotatable bonds is 2. The number of carbonyl (C=O) groups excluding carboxylic acids is 1. The molecule has 0 aliphatic rings. The third-order valence-electron chi connectivity index (χ3n) is 1.44. The highest BCUT2D eigenvalue weighted by molar-refractivity contribution is 5.85. The lowest BCUT2D eigenvalue weighted by atomic mass is 10.6. The largest absolute Gasteiger partial charge is 0.401 e. The van der Waals surface area contributed by atoms with Crippen LogP contribution in [0.5, 0.6) is 0 Å². The lowest BCUT2D eigenvalue weighted by molar-refractivity contribution is 0.0448. The molecule has 0 atom stereocenters. The Labute approximate surface area is 79.2 Å². The summed E-state index contributed by atoms with van der Waals surface area (Å²) in [4.78, 5) is 27.1. The Morgan fingerprint density at radius 3 is 2.50 bits per heavy atom. The minimum Gasteiger partial charge on any atom is -0.328 e. The Morgan fingerprint density at radius 1 is 1.21 bits per heavy atom.